The number of hydrogen-bond donors (Lipinski definition) is 1. The first-order valence-electron chi connectivity index (χ1n) is 5.82. The fourth-order valence-corrected chi connectivity index (χ4v) is 2.20. The summed E-state index contributed by atoms with van der Waals surface area (Å²) >= 11 is 0. The van der Waals surface area contributed by atoms with Gasteiger partial charge in [-0.2, -0.15) is 0 Å². The van der Waals surface area contributed by atoms with E-state index in [9.17, 15) is 0 Å². The fourth-order valence-electron chi connectivity index (χ4n) is 2.20. The summed E-state index contributed by atoms with van der Waals surface area (Å²) in [6, 6.07) is 10.3. The SMILES string of the molecule is c1ccc2oc(CN3CCNCC3)cc2c1. The van der Waals surface area contributed by atoms with Gasteiger partial charge in [0.25, 0.3) is 0 Å². The second-order valence-electron chi connectivity index (χ2n) is 4.28. The standard InChI is InChI=1S/C13H16N2O/c1-2-4-13-11(3-1)9-12(16-13)10-15-7-5-14-6-8-15/h1-4,9,14H,5-8,10H2. The van der Waals surface area contributed by atoms with Gasteiger partial charge in [0, 0.05) is 31.6 Å². The Morgan fingerprint density at radius 2 is 2.00 bits per heavy atom. The summed E-state index contributed by atoms with van der Waals surface area (Å²) < 4.78 is 5.81. The lowest BCUT2D eigenvalue weighted by Crippen LogP contribution is -2.42. The minimum absolute atomic E-state index is 0.927. The number of piperazine rings is 1. The van der Waals surface area contributed by atoms with Gasteiger partial charge in [0.2, 0.25) is 0 Å². The molecule has 0 unspecified atom stereocenters. The van der Waals surface area contributed by atoms with Crippen LogP contribution in [-0.4, -0.2) is 31.1 Å². The molecule has 2 aromatic rings. The highest BCUT2D eigenvalue weighted by atomic mass is 16.3. The van der Waals surface area contributed by atoms with Crippen LogP contribution in [0.25, 0.3) is 11.0 Å². The van der Waals surface area contributed by atoms with Crippen molar-refractivity contribution >= 4 is 11.0 Å². The van der Waals surface area contributed by atoms with Crippen molar-refractivity contribution in [3.63, 3.8) is 0 Å². The monoisotopic (exact) mass is 216 g/mol. The molecule has 84 valence electrons. The first-order valence-corrected chi connectivity index (χ1v) is 5.82. The number of fused-ring (bicyclic) bond motifs is 1. The first kappa shape index (κ1) is 9.87. The van der Waals surface area contributed by atoms with E-state index in [1.165, 1.54) is 5.39 Å². The summed E-state index contributed by atoms with van der Waals surface area (Å²) in [4.78, 5) is 2.42. The van der Waals surface area contributed by atoms with Gasteiger partial charge in [-0.05, 0) is 12.1 Å². The molecule has 0 atom stereocenters. The zero-order chi connectivity index (χ0) is 10.8. The summed E-state index contributed by atoms with van der Waals surface area (Å²) in [5, 5.41) is 4.56. The van der Waals surface area contributed by atoms with Crippen LogP contribution in [0.2, 0.25) is 0 Å². The highest BCUT2D eigenvalue weighted by molar-refractivity contribution is 5.77. The van der Waals surface area contributed by atoms with E-state index in [4.69, 9.17) is 4.42 Å². The average Bonchev–Trinajstić information content (AvgIpc) is 2.72. The van der Waals surface area contributed by atoms with Crippen molar-refractivity contribution < 1.29 is 4.42 Å². The third kappa shape index (κ3) is 1.96. The van der Waals surface area contributed by atoms with E-state index in [-0.39, 0.29) is 0 Å². The molecular weight excluding hydrogens is 200 g/mol. The molecule has 0 bridgehead atoms. The fraction of sp³-hybridized carbons (Fsp3) is 0.385. The molecule has 1 aromatic carbocycles. The molecule has 1 aliphatic heterocycles. The van der Waals surface area contributed by atoms with Crippen LogP contribution in [0.1, 0.15) is 5.76 Å². The summed E-state index contributed by atoms with van der Waals surface area (Å²) in [5.41, 5.74) is 0.993. The number of furan rings is 1. The van der Waals surface area contributed by atoms with Crippen molar-refractivity contribution in [2.24, 2.45) is 0 Å². The zero-order valence-corrected chi connectivity index (χ0v) is 9.28. The van der Waals surface area contributed by atoms with Gasteiger partial charge in [-0.25, -0.2) is 0 Å². The van der Waals surface area contributed by atoms with E-state index >= 15 is 0 Å². The minimum Gasteiger partial charge on any atom is -0.460 e. The second-order valence-corrected chi connectivity index (χ2v) is 4.28. The number of nitrogens with zero attached hydrogens (tertiary/aromatic N) is 1. The lowest BCUT2D eigenvalue weighted by atomic mass is 10.2. The normalized spacial score (nSPS) is 18.0. The maximum atomic E-state index is 5.81. The van der Waals surface area contributed by atoms with Crippen LogP contribution < -0.4 is 5.32 Å². The van der Waals surface area contributed by atoms with Crippen molar-refractivity contribution in [3.8, 4) is 0 Å². The van der Waals surface area contributed by atoms with E-state index in [0.717, 1.165) is 44.1 Å². The smallest absolute Gasteiger partial charge is 0.134 e. The van der Waals surface area contributed by atoms with Crippen molar-refractivity contribution in [2.45, 2.75) is 6.54 Å². The zero-order valence-electron chi connectivity index (χ0n) is 9.28. The minimum atomic E-state index is 0.927. The van der Waals surface area contributed by atoms with Gasteiger partial charge in [0.05, 0.1) is 6.54 Å². The van der Waals surface area contributed by atoms with Crippen LogP contribution >= 0.6 is 0 Å². The van der Waals surface area contributed by atoms with Crippen LogP contribution in [0.4, 0.5) is 0 Å². The Kier molecular flexibility index (Phi) is 2.64. The lowest BCUT2D eigenvalue weighted by molar-refractivity contribution is 0.218. The Balaban J connectivity index is 1.78. The highest BCUT2D eigenvalue weighted by Gasteiger charge is 2.12. The number of hydrogen-bond acceptors (Lipinski definition) is 3. The Bertz CT molecular complexity index is 438. The summed E-state index contributed by atoms with van der Waals surface area (Å²) in [6.45, 7) is 5.31. The van der Waals surface area contributed by atoms with E-state index in [1.54, 1.807) is 0 Å². The molecule has 0 amide bonds. The second kappa shape index (κ2) is 4.28. The van der Waals surface area contributed by atoms with Gasteiger partial charge < -0.3 is 9.73 Å². The Labute approximate surface area is 95.0 Å². The summed E-state index contributed by atoms with van der Waals surface area (Å²) in [5.74, 6) is 1.07. The third-order valence-corrected chi connectivity index (χ3v) is 3.07. The molecule has 16 heavy (non-hydrogen) atoms. The Morgan fingerprint density at radius 3 is 2.81 bits per heavy atom. The van der Waals surface area contributed by atoms with E-state index in [1.807, 2.05) is 18.2 Å². The third-order valence-electron chi connectivity index (χ3n) is 3.07. The molecule has 3 nitrogen and oxygen atoms in total. The maximum Gasteiger partial charge on any atom is 0.134 e. The number of benzene rings is 1. The quantitative estimate of drug-likeness (QED) is 0.830. The first-order chi connectivity index (χ1) is 7.92. The number of para-hydroxylation sites is 1. The highest BCUT2D eigenvalue weighted by Crippen LogP contribution is 2.19. The largest absolute Gasteiger partial charge is 0.460 e. The van der Waals surface area contributed by atoms with Crippen LogP contribution in [0.3, 0.4) is 0 Å². The van der Waals surface area contributed by atoms with E-state index in [2.05, 4.69) is 22.3 Å². The maximum absolute atomic E-state index is 5.81. The molecule has 1 saturated heterocycles. The van der Waals surface area contributed by atoms with Gasteiger partial charge in [-0.1, -0.05) is 18.2 Å². The van der Waals surface area contributed by atoms with Crippen molar-refractivity contribution in [3.05, 3.63) is 36.1 Å². The molecule has 0 aliphatic carbocycles. The van der Waals surface area contributed by atoms with Gasteiger partial charge in [-0.3, -0.25) is 4.90 Å². The molecule has 0 saturated carbocycles. The molecule has 1 aliphatic rings. The average molecular weight is 216 g/mol. The van der Waals surface area contributed by atoms with Crippen LogP contribution in [0.15, 0.2) is 34.7 Å². The molecule has 0 spiro atoms. The Morgan fingerprint density at radius 1 is 1.19 bits per heavy atom. The predicted molar refractivity (Wildman–Crippen MR) is 64.4 cm³/mol. The molecule has 1 fully saturated rings. The number of rotatable bonds is 2. The van der Waals surface area contributed by atoms with Gasteiger partial charge >= 0.3 is 0 Å². The molecule has 3 rings (SSSR count). The van der Waals surface area contributed by atoms with Gasteiger partial charge in [0.1, 0.15) is 11.3 Å². The number of nitrogens with one attached hydrogen (secondary N) is 1. The van der Waals surface area contributed by atoms with Gasteiger partial charge in [-0.15, -0.1) is 0 Å². The predicted octanol–water partition coefficient (Wildman–Crippen LogP) is 1.84. The molecule has 2 heterocycles. The van der Waals surface area contributed by atoms with Crippen molar-refractivity contribution in [1.29, 1.82) is 0 Å². The summed E-state index contributed by atoms with van der Waals surface area (Å²) in [7, 11) is 0. The topological polar surface area (TPSA) is 28.4 Å². The van der Waals surface area contributed by atoms with Crippen LogP contribution in [-0.2, 0) is 6.54 Å². The molecular formula is C13H16N2O. The molecule has 1 aromatic heterocycles. The van der Waals surface area contributed by atoms with Crippen LogP contribution in [0.5, 0.6) is 0 Å². The molecule has 1 N–H and O–H groups in total. The Hall–Kier alpha value is -1.32. The van der Waals surface area contributed by atoms with Crippen molar-refractivity contribution in [2.75, 3.05) is 26.2 Å². The summed E-state index contributed by atoms with van der Waals surface area (Å²) in [6.07, 6.45) is 0. The van der Waals surface area contributed by atoms with Gasteiger partial charge in [0.15, 0.2) is 0 Å². The van der Waals surface area contributed by atoms with Crippen molar-refractivity contribution in [1.82, 2.24) is 10.2 Å². The van der Waals surface area contributed by atoms with Crippen LogP contribution in [0, 0.1) is 0 Å². The van der Waals surface area contributed by atoms with E-state index in [0.29, 0.717) is 0 Å². The molecule has 3 heteroatoms. The van der Waals surface area contributed by atoms with E-state index < -0.39 is 0 Å². The lowest BCUT2D eigenvalue weighted by Gasteiger charge is -2.26. The molecule has 0 radical (unpaired) electrons.